The van der Waals surface area contributed by atoms with Gasteiger partial charge in [-0.15, -0.1) is 10.2 Å². The van der Waals surface area contributed by atoms with Crippen LogP contribution in [0.25, 0.3) is 0 Å². The molecule has 0 aliphatic heterocycles. The number of aryl methyl sites for hydroxylation is 4. The van der Waals surface area contributed by atoms with Gasteiger partial charge in [0.15, 0.2) is 5.16 Å². The predicted octanol–water partition coefficient (Wildman–Crippen LogP) is 4.46. The van der Waals surface area contributed by atoms with E-state index < -0.39 is 0 Å². The molecule has 0 unspecified atom stereocenters. The van der Waals surface area contributed by atoms with Crippen molar-refractivity contribution in [1.29, 1.82) is 0 Å². The maximum atomic E-state index is 12.6. The molecular formula is C23H28N4OS. The van der Waals surface area contributed by atoms with Crippen molar-refractivity contribution >= 4 is 23.4 Å². The molecule has 3 aromatic rings. The molecule has 1 aromatic heterocycles. The number of carbonyl (C=O) groups is 1. The number of hydrogen-bond acceptors (Lipinski definition) is 4. The van der Waals surface area contributed by atoms with Crippen LogP contribution < -0.4 is 5.32 Å². The molecular weight excluding hydrogens is 380 g/mol. The third-order valence-corrected chi connectivity index (χ3v) is 6.02. The first-order valence-corrected chi connectivity index (χ1v) is 11.1. The number of para-hydroxylation sites is 1. The normalized spacial score (nSPS) is 10.9. The maximum Gasteiger partial charge on any atom is 0.234 e. The lowest BCUT2D eigenvalue weighted by molar-refractivity contribution is -0.113. The van der Waals surface area contributed by atoms with Gasteiger partial charge < -0.3 is 9.88 Å². The van der Waals surface area contributed by atoms with Crippen LogP contribution in [0.15, 0.2) is 53.7 Å². The number of nitrogens with one attached hydrogen (secondary N) is 1. The summed E-state index contributed by atoms with van der Waals surface area (Å²) in [7, 11) is 1.96. The third kappa shape index (κ3) is 5.48. The minimum absolute atomic E-state index is 0.0144. The van der Waals surface area contributed by atoms with Gasteiger partial charge in [0, 0.05) is 19.2 Å². The lowest BCUT2D eigenvalue weighted by Gasteiger charge is -2.14. The molecule has 3 rings (SSSR count). The standard InChI is InChI=1S/C23H28N4OS/c1-4-18-12-9-13-19(5-2)22(18)24-21(28)16-29-23-26-25-20(27(23)3)15-14-17-10-7-6-8-11-17/h6-13H,4-5,14-16H2,1-3H3,(H,24,28). The monoisotopic (exact) mass is 408 g/mol. The molecule has 0 aliphatic carbocycles. The van der Waals surface area contributed by atoms with Crippen LogP contribution in [0.4, 0.5) is 5.69 Å². The Bertz CT molecular complexity index is 931. The van der Waals surface area contributed by atoms with E-state index in [4.69, 9.17) is 0 Å². The highest BCUT2D eigenvalue weighted by atomic mass is 32.2. The number of amides is 1. The van der Waals surface area contributed by atoms with Crippen LogP contribution in [0.3, 0.4) is 0 Å². The molecule has 0 atom stereocenters. The fraction of sp³-hybridized carbons (Fsp3) is 0.348. The molecule has 0 saturated heterocycles. The highest BCUT2D eigenvalue weighted by molar-refractivity contribution is 7.99. The van der Waals surface area contributed by atoms with Crippen LogP contribution in [0.2, 0.25) is 0 Å². The van der Waals surface area contributed by atoms with Crippen molar-refractivity contribution in [2.75, 3.05) is 11.1 Å². The fourth-order valence-corrected chi connectivity index (χ4v) is 4.03. The molecule has 1 amide bonds. The van der Waals surface area contributed by atoms with Gasteiger partial charge in [0.25, 0.3) is 0 Å². The van der Waals surface area contributed by atoms with Crippen LogP contribution in [0.5, 0.6) is 0 Å². The number of nitrogens with zero attached hydrogens (tertiary/aromatic N) is 3. The Hall–Kier alpha value is -2.60. The van der Waals surface area contributed by atoms with E-state index in [1.54, 1.807) is 0 Å². The quantitative estimate of drug-likeness (QED) is 0.531. The van der Waals surface area contributed by atoms with Crippen molar-refractivity contribution in [3.05, 3.63) is 71.0 Å². The van der Waals surface area contributed by atoms with Gasteiger partial charge in [-0.2, -0.15) is 0 Å². The summed E-state index contributed by atoms with van der Waals surface area (Å²) in [6, 6.07) is 16.6. The van der Waals surface area contributed by atoms with E-state index in [0.717, 1.165) is 42.4 Å². The van der Waals surface area contributed by atoms with Crippen molar-refractivity contribution < 1.29 is 4.79 Å². The third-order valence-electron chi connectivity index (χ3n) is 5.00. The van der Waals surface area contributed by atoms with E-state index in [1.165, 1.54) is 28.5 Å². The van der Waals surface area contributed by atoms with Gasteiger partial charge in [0.05, 0.1) is 5.75 Å². The van der Waals surface area contributed by atoms with Crippen LogP contribution >= 0.6 is 11.8 Å². The van der Waals surface area contributed by atoms with E-state index in [1.807, 2.05) is 29.8 Å². The summed E-state index contributed by atoms with van der Waals surface area (Å²) in [5.74, 6) is 1.23. The first kappa shape index (κ1) is 21.1. The minimum Gasteiger partial charge on any atom is -0.325 e. The zero-order valence-corrected chi connectivity index (χ0v) is 18.1. The summed E-state index contributed by atoms with van der Waals surface area (Å²) in [4.78, 5) is 12.6. The smallest absolute Gasteiger partial charge is 0.234 e. The van der Waals surface area contributed by atoms with Crippen molar-refractivity contribution in [2.45, 2.75) is 44.7 Å². The molecule has 1 N–H and O–H groups in total. The molecule has 152 valence electrons. The Morgan fingerprint density at radius 3 is 2.31 bits per heavy atom. The fourth-order valence-electron chi connectivity index (χ4n) is 3.30. The molecule has 0 saturated carbocycles. The molecule has 0 aliphatic rings. The second kappa shape index (κ2) is 10.3. The summed E-state index contributed by atoms with van der Waals surface area (Å²) < 4.78 is 1.98. The summed E-state index contributed by atoms with van der Waals surface area (Å²) in [6.07, 6.45) is 3.53. The molecule has 29 heavy (non-hydrogen) atoms. The van der Waals surface area contributed by atoms with E-state index >= 15 is 0 Å². The Labute approximate surface area is 176 Å². The second-order valence-corrected chi connectivity index (χ2v) is 7.88. The molecule has 0 fully saturated rings. The lowest BCUT2D eigenvalue weighted by Crippen LogP contribution is -2.17. The van der Waals surface area contributed by atoms with Crippen molar-refractivity contribution in [3.8, 4) is 0 Å². The maximum absolute atomic E-state index is 12.6. The summed E-state index contributed by atoms with van der Waals surface area (Å²) >= 11 is 1.42. The van der Waals surface area contributed by atoms with Gasteiger partial charge in [0.1, 0.15) is 5.82 Å². The number of thioether (sulfide) groups is 1. The van der Waals surface area contributed by atoms with Crippen LogP contribution in [-0.4, -0.2) is 26.4 Å². The predicted molar refractivity (Wildman–Crippen MR) is 119 cm³/mol. The summed E-state index contributed by atoms with van der Waals surface area (Å²) in [5.41, 5.74) is 4.59. The van der Waals surface area contributed by atoms with Gasteiger partial charge in [-0.3, -0.25) is 4.79 Å². The first-order valence-electron chi connectivity index (χ1n) is 10.1. The van der Waals surface area contributed by atoms with E-state index in [9.17, 15) is 4.79 Å². The zero-order chi connectivity index (χ0) is 20.6. The van der Waals surface area contributed by atoms with Crippen molar-refractivity contribution in [3.63, 3.8) is 0 Å². The Kier molecular flexibility index (Phi) is 7.47. The van der Waals surface area contributed by atoms with Crippen molar-refractivity contribution in [2.24, 2.45) is 7.05 Å². The number of aromatic nitrogens is 3. The van der Waals surface area contributed by atoms with Gasteiger partial charge >= 0.3 is 0 Å². The van der Waals surface area contributed by atoms with Crippen LogP contribution in [0.1, 0.15) is 36.4 Å². The Morgan fingerprint density at radius 2 is 1.66 bits per heavy atom. The molecule has 0 bridgehead atoms. The molecule has 5 nitrogen and oxygen atoms in total. The van der Waals surface area contributed by atoms with Gasteiger partial charge in [0.2, 0.25) is 5.91 Å². The summed E-state index contributed by atoms with van der Waals surface area (Å²) in [5, 5.41) is 12.5. The van der Waals surface area contributed by atoms with E-state index in [-0.39, 0.29) is 5.91 Å². The topological polar surface area (TPSA) is 59.8 Å². The molecule has 0 radical (unpaired) electrons. The molecule has 6 heteroatoms. The number of benzene rings is 2. The van der Waals surface area contributed by atoms with Gasteiger partial charge in [-0.25, -0.2) is 0 Å². The molecule has 2 aromatic carbocycles. The van der Waals surface area contributed by atoms with Gasteiger partial charge in [-0.05, 0) is 36.0 Å². The van der Waals surface area contributed by atoms with E-state index in [2.05, 4.69) is 59.7 Å². The van der Waals surface area contributed by atoms with Gasteiger partial charge in [-0.1, -0.05) is 74.1 Å². The first-order chi connectivity index (χ1) is 14.1. The molecule has 0 spiro atoms. The lowest BCUT2D eigenvalue weighted by atomic mass is 10.0. The highest BCUT2D eigenvalue weighted by Gasteiger charge is 2.14. The summed E-state index contributed by atoms with van der Waals surface area (Å²) in [6.45, 7) is 4.21. The minimum atomic E-state index is -0.0144. The number of rotatable bonds is 9. The highest BCUT2D eigenvalue weighted by Crippen LogP contribution is 2.23. The number of hydrogen-bond donors (Lipinski definition) is 1. The average Bonchev–Trinajstić information content (AvgIpc) is 3.11. The van der Waals surface area contributed by atoms with E-state index in [0.29, 0.717) is 5.75 Å². The molecule has 1 heterocycles. The van der Waals surface area contributed by atoms with Crippen LogP contribution in [-0.2, 0) is 37.5 Å². The zero-order valence-electron chi connectivity index (χ0n) is 17.3. The average molecular weight is 409 g/mol. The second-order valence-electron chi connectivity index (χ2n) is 6.94. The van der Waals surface area contributed by atoms with Crippen LogP contribution in [0, 0.1) is 0 Å². The number of anilines is 1. The number of carbonyl (C=O) groups excluding carboxylic acids is 1. The Morgan fingerprint density at radius 1 is 0.966 bits per heavy atom. The Balaban J connectivity index is 1.58. The SMILES string of the molecule is CCc1cccc(CC)c1NC(=O)CSc1nnc(CCc2ccccc2)n1C. The van der Waals surface area contributed by atoms with Crippen molar-refractivity contribution in [1.82, 2.24) is 14.8 Å². The largest absolute Gasteiger partial charge is 0.325 e.